The van der Waals surface area contributed by atoms with Crippen LogP contribution in [-0.2, 0) is 16.0 Å². The van der Waals surface area contributed by atoms with Gasteiger partial charge in [0.25, 0.3) is 0 Å². The number of carbonyl (C=O) groups excluding carboxylic acids is 1. The Bertz CT molecular complexity index is 921. The van der Waals surface area contributed by atoms with Gasteiger partial charge in [-0.3, -0.25) is 4.79 Å². The smallest absolute Gasteiger partial charge is 0.312 e. The zero-order valence-corrected chi connectivity index (χ0v) is 16.0. The zero-order valence-electron chi connectivity index (χ0n) is 15.3. The molecule has 0 atom stereocenters. The number of halogens is 1. The van der Waals surface area contributed by atoms with E-state index in [4.69, 9.17) is 20.8 Å². The number of hydrogen-bond donors (Lipinski definition) is 0. The first-order valence-electron chi connectivity index (χ1n) is 8.39. The molecular formula is C19H19ClN4O3. The molecule has 3 aromatic rings. The molecule has 0 aliphatic carbocycles. The second kappa shape index (κ2) is 8.18. The molecular weight excluding hydrogens is 368 g/mol. The number of nitrogens with zero attached hydrogens (tertiary/aromatic N) is 4. The lowest BCUT2D eigenvalue weighted by Crippen LogP contribution is -2.12. The van der Waals surface area contributed by atoms with Crippen molar-refractivity contribution in [1.29, 1.82) is 0 Å². The summed E-state index contributed by atoms with van der Waals surface area (Å²) in [7, 11) is 3.71. The fourth-order valence-electron chi connectivity index (χ4n) is 2.43. The number of ether oxygens (including phenoxy) is 1. The summed E-state index contributed by atoms with van der Waals surface area (Å²) in [4.78, 5) is 26.8. The molecule has 140 valence electrons. The van der Waals surface area contributed by atoms with E-state index in [2.05, 4.69) is 15.0 Å². The Morgan fingerprint density at radius 2 is 1.81 bits per heavy atom. The van der Waals surface area contributed by atoms with Crippen molar-refractivity contribution in [3.05, 3.63) is 47.4 Å². The molecule has 0 radical (unpaired) electrons. The third-order valence-electron chi connectivity index (χ3n) is 3.71. The molecule has 3 rings (SSSR count). The highest BCUT2D eigenvalue weighted by molar-refractivity contribution is 6.30. The van der Waals surface area contributed by atoms with Gasteiger partial charge in [-0.25, -0.2) is 15.0 Å². The van der Waals surface area contributed by atoms with Crippen LogP contribution in [0.3, 0.4) is 0 Å². The molecule has 0 fully saturated rings. The van der Waals surface area contributed by atoms with E-state index in [1.54, 1.807) is 36.4 Å². The van der Waals surface area contributed by atoms with Gasteiger partial charge >= 0.3 is 5.97 Å². The SMILES string of the molecule is CCOC(=O)Cc1nc(-c2cnc(N(C)C)nc2)oc1-c1ccc(Cl)cc1. The van der Waals surface area contributed by atoms with Crippen molar-refractivity contribution in [2.24, 2.45) is 0 Å². The Hall–Kier alpha value is -2.93. The van der Waals surface area contributed by atoms with Crippen molar-refractivity contribution < 1.29 is 13.9 Å². The Labute approximate surface area is 162 Å². The first-order chi connectivity index (χ1) is 13.0. The van der Waals surface area contributed by atoms with E-state index in [0.29, 0.717) is 40.5 Å². The van der Waals surface area contributed by atoms with Gasteiger partial charge in [0.1, 0.15) is 0 Å². The van der Waals surface area contributed by atoms with E-state index in [1.165, 1.54) is 0 Å². The average molecular weight is 387 g/mol. The summed E-state index contributed by atoms with van der Waals surface area (Å²) >= 11 is 5.97. The van der Waals surface area contributed by atoms with Gasteiger partial charge in [0.05, 0.1) is 24.3 Å². The van der Waals surface area contributed by atoms with Crippen LogP contribution in [0.15, 0.2) is 41.1 Å². The normalized spacial score (nSPS) is 10.7. The number of aromatic nitrogens is 3. The zero-order chi connectivity index (χ0) is 19.4. The minimum Gasteiger partial charge on any atom is -0.466 e. The molecule has 0 saturated carbocycles. The predicted molar refractivity (Wildman–Crippen MR) is 103 cm³/mol. The summed E-state index contributed by atoms with van der Waals surface area (Å²) in [5.41, 5.74) is 1.87. The highest BCUT2D eigenvalue weighted by atomic mass is 35.5. The molecule has 0 bridgehead atoms. The molecule has 0 saturated heterocycles. The van der Waals surface area contributed by atoms with Crippen molar-refractivity contribution >= 4 is 23.5 Å². The summed E-state index contributed by atoms with van der Waals surface area (Å²) in [6, 6.07) is 7.13. The maximum atomic E-state index is 12.0. The van der Waals surface area contributed by atoms with Gasteiger partial charge in [0.15, 0.2) is 5.76 Å². The number of hydrogen-bond acceptors (Lipinski definition) is 7. The van der Waals surface area contributed by atoms with Crippen molar-refractivity contribution in [2.75, 3.05) is 25.6 Å². The second-order valence-corrected chi connectivity index (χ2v) is 6.39. The lowest BCUT2D eigenvalue weighted by molar-refractivity contribution is -0.142. The number of rotatable bonds is 6. The van der Waals surface area contributed by atoms with Crippen molar-refractivity contribution in [2.45, 2.75) is 13.3 Å². The van der Waals surface area contributed by atoms with Crippen LogP contribution in [0.5, 0.6) is 0 Å². The third kappa shape index (κ3) is 4.43. The Morgan fingerprint density at radius 1 is 1.15 bits per heavy atom. The van der Waals surface area contributed by atoms with Crippen molar-refractivity contribution in [3.8, 4) is 22.8 Å². The Morgan fingerprint density at radius 3 is 2.41 bits per heavy atom. The lowest BCUT2D eigenvalue weighted by Gasteiger charge is -2.08. The van der Waals surface area contributed by atoms with E-state index < -0.39 is 0 Å². The molecule has 8 heteroatoms. The second-order valence-electron chi connectivity index (χ2n) is 5.95. The van der Waals surface area contributed by atoms with E-state index in [1.807, 2.05) is 26.2 Å². The molecule has 0 aliphatic heterocycles. The van der Waals surface area contributed by atoms with Crippen LogP contribution < -0.4 is 4.90 Å². The van der Waals surface area contributed by atoms with Gasteiger partial charge in [-0.15, -0.1) is 0 Å². The van der Waals surface area contributed by atoms with Crippen LogP contribution in [0.4, 0.5) is 5.95 Å². The fraction of sp³-hybridized carbons (Fsp3) is 0.263. The Balaban J connectivity index is 2.00. The van der Waals surface area contributed by atoms with Gasteiger partial charge in [-0.05, 0) is 31.2 Å². The number of anilines is 1. The summed E-state index contributed by atoms with van der Waals surface area (Å²) < 4.78 is 11.0. The standard InChI is InChI=1S/C19H19ClN4O3/c1-4-26-16(25)9-15-17(12-5-7-14(20)8-6-12)27-18(23-15)13-10-21-19(22-11-13)24(2)3/h5-8,10-11H,4,9H2,1-3H3. The van der Waals surface area contributed by atoms with Gasteiger partial charge < -0.3 is 14.1 Å². The van der Waals surface area contributed by atoms with Crippen molar-refractivity contribution in [1.82, 2.24) is 15.0 Å². The number of benzene rings is 1. The first kappa shape index (κ1) is 18.8. The monoisotopic (exact) mass is 386 g/mol. The predicted octanol–water partition coefficient (Wildman–Crippen LogP) is 3.62. The lowest BCUT2D eigenvalue weighted by atomic mass is 10.1. The maximum absolute atomic E-state index is 12.0. The van der Waals surface area contributed by atoms with Crippen LogP contribution in [0, 0.1) is 0 Å². The molecule has 2 aromatic heterocycles. The number of oxazole rings is 1. The molecule has 0 spiro atoms. The molecule has 7 nitrogen and oxygen atoms in total. The van der Waals surface area contributed by atoms with Crippen molar-refractivity contribution in [3.63, 3.8) is 0 Å². The average Bonchev–Trinajstić information content (AvgIpc) is 3.06. The summed E-state index contributed by atoms with van der Waals surface area (Å²) in [6.07, 6.45) is 3.27. The van der Waals surface area contributed by atoms with E-state index >= 15 is 0 Å². The van der Waals surface area contributed by atoms with Crippen LogP contribution in [0.1, 0.15) is 12.6 Å². The summed E-state index contributed by atoms with van der Waals surface area (Å²) in [5, 5.41) is 0.609. The fourth-order valence-corrected chi connectivity index (χ4v) is 2.56. The molecule has 2 heterocycles. The molecule has 0 unspecified atom stereocenters. The first-order valence-corrected chi connectivity index (χ1v) is 8.76. The topological polar surface area (TPSA) is 81.4 Å². The highest BCUT2D eigenvalue weighted by Crippen LogP contribution is 2.31. The third-order valence-corrected chi connectivity index (χ3v) is 3.96. The molecule has 27 heavy (non-hydrogen) atoms. The number of carbonyl (C=O) groups is 1. The summed E-state index contributed by atoms with van der Waals surface area (Å²) in [5.74, 6) is 1.04. The van der Waals surface area contributed by atoms with Gasteiger partial charge in [-0.2, -0.15) is 0 Å². The minimum atomic E-state index is -0.369. The highest BCUT2D eigenvalue weighted by Gasteiger charge is 2.20. The van der Waals surface area contributed by atoms with Crippen LogP contribution >= 0.6 is 11.6 Å². The van der Waals surface area contributed by atoms with Gasteiger partial charge in [0.2, 0.25) is 11.8 Å². The largest absolute Gasteiger partial charge is 0.466 e. The maximum Gasteiger partial charge on any atom is 0.312 e. The molecule has 1 aromatic carbocycles. The van der Waals surface area contributed by atoms with Gasteiger partial charge in [0, 0.05) is 37.1 Å². The van der Waals surface area contributed by atoms with Gasteiger partial charge in [-0.1, -0.05) is 11.6 Å². The number of esters is 1. The van der Waals surface area contributed by atoms with E-state index in [0.717, 1.165) is 5.56 Å². The molecule has 0 amide bonds. The Kier molecular flexibility index (Phi) is 5.71. The van der Waals surface area contributed by atoms with Crippen LogP contribution in [-0.4, -0.2) is 41.6 Å². The minimum absolute atomic E-state index is 0.00589. The molecule has 0 aliphatic rings. The van der Waals surface area contributed by atoms with E-state index in [-0.39, 0.29) is 12.4 Å². The van der Waals surface area contributed by atoms with E-state index in [9.17, 15) is 4.79 Å². The van der Waals surface area contributed by atoms with Crippen LogP contribution in [0.25, 0.3) is 22.8 Å². The quantitative estimate of drug-likeness (QED) is 0.598. The van der Waals surface area contributed by atoms with Crippen LogP contribution in [0.2, 0.25) is 5.02 Å². The molecule has 0 N–H and O–H groups in total. The summed E-state index contributed by atoms with van der Waals surface area (Å²) in [6.45, 7) is 2.07.